The number of carbonyl (C=O) groups excluding carboxylic acids is 1. The smallest absolute Gasteiger partial charge is 0.506 e. The van der Waals surface area contributed by atoms with Gasteiger partial charge in [0.15, 0.2) is 5.78 Å². The monoisotopic (exact) mass is 376 g/mol. The molecule has 2 aromatic carbocycles. The van der Waals surface area contributed by atoms with Crippen molar-refractivity contribution in [1.82, 2.24) is 0 Å². The van der Waals surface area contributed by atoms with Gasteiger partial charge in [-0.15, -0.1) is 13.2 Å². The quantitative estimate of drug-likeness (QED) is 0.566. The molecule has 2 rings (SSSR count). The summed E-state index contributed by atoms with van der Waals surface area (Å²) in [5.41, 5.74) is 0.576. The Labute approximate surface area is 144 Å². The number of hydrogen-bond acceptors (Lipinski definition) is 3. The highest BCUT2D eigenvalue weighted by Gasteiger charge is 2.31. The van der Waals surface area contributed by atoms with E-state index in [1.165, 1.54) is 36.4 Å². The van der Waals surface area contributed by atoms with Gasteiger partial charge >= 0.3 is 6.36 Å². The summed E-state index contributed by atoms with van der Waals surface area (Å²) in [6.45, 7) is 0. The van der Waals surface area contributed by atoms with Gasteiger partial charge in [-0.2, -0.15) is 0 Å². The number of allylic oxidation sites excluding steroid dienone is 1. The first-order valence-electron chi connectivity index (χ1n) is 6.42. The lowest BCUT2D eigenvalue weighted by atomic mass is 10.1. The van der Waals surface area contributed by atoms with Crippen LogP contribution < -0.4 is 4.74 Å². The molecule has 24 heavy (non-hydrogen) atoms. The molecule has 2 aromatic rings. The van der Waals surface area contributed by atoms with E-state index < -0.39 is 17.9 Å². The van der Waals surface area contributed by atoms with Crippen molar-refractivity contribution >= 4 is 35.1 Å². The first kappa shape index (κ1) is 18.2. The Balaban J connectivity index is 2.14. The Bertz CT molecular complexity index is 784. The minimum Gasteiger partial charge on any atom is -0.506 e. The molecule has 0 aliphatic carbocycles. The minimum absolute atomic E-state index is 0.0417. The molecule has 0 bridgehead atoms. The third-order valence-corrected chi connectivity index (χ3v) is 3.77. The van der Waals surface area contributed by atoms with Gasteiger partial charge in [-0.05, 0) is 54.1 Å². The van der Waals surface area contributed by atoms with Crippen LogP contribution in [0.1, 0.15) is 15.9 Å². The van der Waals surface area contributed by atoms with E-state index in [1.54, 1.807) is 0 Å². The zero-order valence-electron chi connectivity index (χ0n) is 11.8. The Morgan fingerprint density at radius 2 is 1.67 bits per heavy atom. The van der Waals surface area contributed by atoms with Gasteiger partial charge in [0.1, 0.15) is 16.5 Å². The predicted molar refractivity (Wildman–Crippen MR) is 84.6 cm³/mol. The normalized spacial score (nSPS) is 11.7. The topological polar surface area (TPSA) is 46.5 Å². The van der Waals surface area contributed by atoms with Crippen molar-refractivity contribution in [3.63, 3.8) is 0 Å². The zero-order chi connectivity index (χ0) is 17.9. The average molecular weight is 377 g/mol. The number of carbonyl (C=O) groups is 1. The van der Waals surface area contributed by atoms with Gasteiger partial charge in [0.25, 0.3) is 0 Å². The van der Waals surface area contributed by atoms with Crippen molar-refractivity contribution in [3.05, 3.63) is 63.6 Å². The lowest BCUT2D eigenvalue weighted by Crippen LogP contribution is -2.17. The second-order valence-corrected chi connectivity index (χ2v) is 5.33. The highest BCUT2D eigenvalue weighted by atomic mass is 35.5. The van der Waals surface area contributed by atoms with E-state index in [2.05, 4.69) is 4.74 Å². The molecule has 0 aliphatic rings. The van der Waals surface area contributed by atoms with Gasteiger partial charge in [-0.1, -0.05) is 23.2 Å². The van der Waals surface area contributed by atoms with Crippen molar-refractivity contribution < 1.29 is 27.8 Å². The second kappa shape index (κ2) is 7.15. The molecule has 0 radical (unpaired) electrons. The van der Waals surface area contributed by atoms with Crippen LogP contribution in [-0.4, -0.2) is 17.3 Å². The molecule has 0 saturated heterocycles. The third-order valence-electron chi connectivity index (χ3n) is 2.88. The van der Waals surface area contributed by atoms with Gasteiger partial charge in [0.05, 0.1) is 5.02 Å². The molecule has 0 aromatic heterocycles. The molecule has 0 unspecified atom stereocenters. The summed E-state index contributed by atoms with van der Waals surface area (Å²) in [6, 6.07) is 7.28. The molecule has 0 amide bonds. The molecule has 1 N–H and O–H groups in total. The van der Waals surface area contributed by atoms with Gasteiger partial charge in [0.2, 0.25) is 0 Å². The molecular weight excluding hydrogens is 368 g/mol. The fourth-order valence-corrected chi connectivity index (χ4v) is 2.16. The molecule has 8 heteroatoms. The summed E-state index contributed by atoms with van der Waals surface area (Å²) in [6.07, 6.45) is -2.22. The summed E-state index contributed by atoms with van der Waals surface area (Å²) in [5, 5.41) is 9.42. The molecule has 0 saturated carbocycles. The average Bonchev–Trinajstić information content (AvgIpc) is 2.51. The molecule has 0 atom stereocenters. The number of phenols is 1. The maximum atomic E-state index is 12.1. The molecule has 126 valence electrons. The van der Waals surface area contributed by atoms with Crippen molar-refractivity contribution in [3.8, 4) is 11.5 Å². The molecule has 0 spiro atoms. The van der Waals surface area contributed by atoms with Crippen LogP contribution in [0.3, 0.4) is 0 Å². The SMILES string of the molecule is O=C(/C=C/c1ccc(O)c(Cl)c1Cl)c1ccc(OC(F)(F)F)cc1. The fourth-order valence-electron chi connectivity index (χ4n) is 1.77. The van der Waals surface area contributed by atoms with Crippen LogP contribution >= 0.6 is 23.2 Å². The predicted octanol–water partition coefficient (Wildman–Crippen LogP) is 5.49. The lowest BCUT2D eigenvalue weighted by molar-refractivity contribution is -0.274. The zero-order valence-corrected chi connectivity index (χ0v) is 13.3. The van der Waals surface area contributed by atoms with Gasteiger partial charge in [-0.25, -0.2) is 0 Å². The van der Waals surface area contributed by atoms with Crippen LogP contribution in [0.25, 0.3) is 6.08 Å². The molecule has 0 fully saturated rings. The van der Waals surface area contributed by atoms with E-state index >= 15 is 0 Å². The van der Waals surface area contributed by atoms with Crippen LogP contribution in [0.4, 0.5) is 13.2 Å². The van der Waals surface area contributed by atoms with Crippen LogP contribution in [0, 0.1) is 0 Å². The number of aromatic hydroxyl groups is 1. The molecule has 0 heterocycles. The minimum atomic E-state index is -4.79. The first-order valence-corrected chi connectivity index (χ1v) is 7.18. The highest BCUT2D eigenvalue weighted by molar-refractivity contribution is 6.43. The maximum Gasteiger partial charge on any atom is 0.573 e. The third kappa shape index (κ3) is 4.66. The summed E-state index contributed by atoms with van der Waals surface area (Å²) in [5.74, 6) is -1.06. The first-order chi connectivity index (χ1) is 11.2. The maximum absolute atomic E-state index is 12.1. The molecular formula is C16H9Cl2F3O3. The number of rotatable bonds is 4. The van der Waals surface area contributed by atoms with Crippen molar-refractivity contribution in [2.24, 2.45) is 0 Å². The Morgan fingerprint density at radius 3 is 2.25 bits per heavy atom. The van der Waals surface area contributed by atoms with E-state index in [4.69, 9.17) is 23.2 Å². The van der Waals surface area contributed by atoms with Crippen LogP contribution in [0.15, 0.2) is 42.5 Å². The number of benzene rings is 2. The van der Waals surface area contributed by atoms with Crippen molar-refractivity contribution in [2.45, 2.75) is 6.36 Å². The van der Waals surface area contributed by atoms with Crippen LogP contribution in [0.5, 0.6) is 11.5 Å². The van der Waals surface area contributed by atoms with E-state index in [-0.39, 0.29) is 21.4 Å². The molecule has 3 nitrogen and oxygen atoms in total. The molecule has 0 aliphatic heterocycles. The largest absolute Gasteiger partial charge is 0.573 e. The van der Waals surface area contributed by atoms with E-state index in [1.807, 2.05) is 0 Å². The highest BCUT2D eigenvalue weighted by Crippen LogP contribution is 2.34. The van der Waals surface area contributed by atoms with Crippen molar-refractivity contribution in [1.29, 1.82) is 0 Å². The number of phenolic OH excluding ortho intramolecular Hbond substituents is 1. The fraction of sp³-hybridized carbons (Fsp3) is 0.0625. The van der Waals surface area contributed by atoms with Crippen LogP contribution in [0.2, 0.25) is 10.0 Å². The van der Waals surface area contributed by atoms with Gasteiger partial charge in [-0.3, -0.25) is 4.79 Å². The number of ether oxygens (including phenoxy) is 1. The standard InChI is InChI=1S/C16H9Cl2F3O3/c17-14-10(4-8-13(23)15(14)18)3-7-12(22)9-1-5-11(6-2-9)24-16(19,20)21/h1-8,23H/b7-3+. The summed E-state index contributed by atoms with van der Waals surface area (Å²) >= 11 is 11.7. The summed E-state index contributed by atoms with van der Waals surface area (Å²) in [7, 11) is 0. The summed E-state index contributed by atoms with van der Waals surface area (Å²) in [4.78, 5) is 12.0. The van der Waals surface area contributed by atoms with Crippen LogP contribution in [-0.2, 0) is 0 Å². The van der Waals surface area contributed by atoms with Gasteiger partial charge < -0.3 is 9.84 Å². The lowest BCUT2D eigenvalue weighted by Gasteiger charge is -2.08. The Hall–Kier alpha value is -2.18. The van der Waals surface area contributed by atoms with E-state index in [0.29, 0.717) is 5.56 Å². The summed E-state index contributed by atoms with van der Waals surface area (Å²) < 4.78 is 39.9. The number of hydrogen-bond donors (Lipinski definition) is 1. The number of ketones is 1. The number of alkyl halides is 3. The Morgan fingerprint density at radius 1 is 1.04 bits per heavy atom. The van der Waals surface area contributed by atoms with E-state index in [9.17, 15) is 23.1 Å². The second-order valence-electron chi connectivity index (χ2n) is 4.57. The number of halogens is 5. The van der Waals surface area contributed by atoms with Crippen molar-refractivity contribution in [2.75, 3.05) is 0 Å². The van der Waals surface area contributed by atoms with E-state index in [0.717, 1.165) is 12.1 Å². The van der Waals surface area contributed by atoms with Gasteiger partial charge in [0, 0.05) is 5.56 Å². The Kier molecular flexibility index (Phi) is 5.41.